The van der Waals surface area contributed by atoms with Crippen LogP contribution in [-0.4, -0.2) is 16.0 Å². The Kier molecular flexibility index (Phi) is 8.29. The predicted octanol–water partition coefficient (Wildman–Crippen LogP) is 7.50. The monoisotopic (exact) mass is 481 g/mol. The Bertz CT molecular complexity index is 1290. The van der Waals surface area contributed by atoms with Gasteiger partial charge in [-0.3, -0.25) is 9.69 Å². The fraction of sp³-hybridized carbons (Fsp3) is 0.219. The molecule has 4 aromatic carbocycles. The molecule has 0 aliphatic rings. The van der Waals surface area contributed by atoms with Crippen LogP contribution < -0.4 is 0 Å². The molecule has 0 radical (unpaired) electrons. The van der Waals surface area contributed by atoms with Crippen molar-refractivity contribution in [2.75, 3.05) is 0 Å². The van der Waals surface area contributed by atoms with Gasteiger partial charge >= 0.3 is 5.97 Å². The summed E-state index contributed by atoms with van der Waals surface area (Å²) in [4.78, 5) is 14.4. The summed E-state index contributed by atoms with van der Waals surface area (Å²) in [6.07, 6.45) is 0.566. The maximum atomic E-state index is 13.9. The zero-order valence-electron chi connectivity index (χ0n) is 20.8. The number of hydrogen-bond donors (Lipinski definition) is 1. The normalized spacial score (nSPS) is 12.9. The molecule has 0 heterocycles. The van der Waals surface area contributed by atoms with Crippen LogP contribution >= 0.6 is 0 Å². The van der Waals surface area contributed by atoms with Gasteiger partial charge in [0.2, 0.25) is 0 Å². The standard InChI is InChI=1S/C32H32FNO2/c1-23-16-17-30(33)20-29(23)19-26-12-9-15-28(18-26)31(21-32(35)36)34(22-25-10-5-3-6-11-25)24(2)27-13-7-4-8-14-27/h3-18,20,24,31H,19,21-22H2,1-2H3,(H,35,36)/t24-,31?/m1/s1. The molecule has 0 spiro atoms. The number of halogens is 1. The lowest BCUT2D eigenvalue weighted by atomic mass is 9.93. The summed E-state index contributed by atoms with van der Waals surface area (Å²) in [7, 11) is 0. The summed E-state index contributed by atoms with van der Waals surface area (Å²) in [5, 5.41) is 9.92. The highest BCUT2D eigenvalue weighted by molar-refractivity contribution is 5.68. The molecular formula is C32H32FNO2. The van der Waals surface area contributed by atoms with E-state index >= 15 is 0 Å². The Hall–Kier alpha value is -3.76. The van der Waals surface area contributed by atoms with Crippen LogP contribution in [0.2, 0.25) is 0 Å². The first-order valence-corrected chi connectivity index (χ1v) is 12.3. The molecule has 2 atom stereocenters. The van der Waals surface area contributed by atoms with Gasteiger partial charge in [0.15, 0.2) is 0 Å². The lowest BCUT2D eigenvalue weighted by Crippen LogP contribution is -2.32. The van der Waals surface area contributed by atoms with Gasteiger partial charge in [0.25, 0.3) is 0 Å². The Morgan fingerprint density at radius 3 is 2.17 bits per heavy atom. The number of carboxylic acid groups (broad SMARTS) is 1. The lowest BCUT2D eigenvalue weighted by Gasteiger charge is -2.37. The van der Waals surface area contributed by atoms with Crippen molar-refractivity contribution in [1.29, 1.82) is 0 Å². The van der Waals surface area contributed by atoms with Crippen molar-refractivity contribution in [1.82, 2.24) is 4.90 Å². The van der Waals surface area contributed by atoms with E-state index in [-0.39, 0.29) is 24.3 Å². The van der Waals surface area contributed by atoms with Crippen molar-refractivity contribution in [2.24, 2.45) is 0 Å². The van der Waals surface area contributed by atoms with Crippen molar-refractivity contribution in [3.05, 3.63) is 142 Å². The van der Waals surface area contributed by atoms with Crippen molar-refractivity contribution < 1.29 is 14.3 Å². The van der Waals surface area contributed by atoms with Gasteiger partial charge in [-0.15, -0.1) is 0 Å². The zero-order valence-corrected chi connectivity index (χ0v) is 20.8. The molecule has 4 aromatic rings. The zero-order chi connectivity index (χ0) is 25.5. The molecule has 0 saturated heterocycles. The number of rotatable bonds is 10. The Labute approximate surface area is 212 Å². The number of hydrogen-bond acceptors (Lipinski definition) is 2. The number of carboxylic acids is 1. The summed E-state index contributed by atoms with van der Waals surface area (Å²) in [6, 6.07) is 32.9. The second-order valence-electron chi connectivity index (χ2n) is 9.35. The highest BCUT2D eigenvalue weighted by Crippen LogP contribution is 2.35. The molecule has 4 heteroatoms. The number of aliphatic carboxylic acids is 1. The number of carbonyl (C=O) groups is 1. The van der Waals surface area contributed by atoms with Crippen LogP contribution in [0, 0.1) is 12.7 Å². The molecule has 0 bridgehead atoms. The summed E-state index contributed by atoms with van der Waals surface area (Å²) >= 11 is 0. The van der Waals surface area contributed by atoms with Crippen molar-refractivity contribution in [3.63, 3.8) is 0 Å². The van der Waals surface area contributed by atoms with E-state index in [1.54, 1.807) is 12.1 Å². The van der Waals surface area contributed by atoms with Crippen LogP contribution in [-0.2, 0) is 17.8 Å². The third-order valence-electron chi connectivity index (χ3n) is 6.80. The summed E-state index contributed by atoms with van der Waals surface area (Å²) in [5.41, 5.74) is 6.21. The third-order valence-corrected chi connectivity index (χ3v) is 6.80. The molecule has 0 aromatic heterocycles. The highest BCUT2D eigenvalue weighted by Gasteiger charge is 2.28. The highest BCUT2D eigenvalue weighted by atomic mass is 19.1. The molecule has 0 fully saturated rings. The van der Waals surface area contributed by atoms with Crippen LogP contribution in [0.15, 0.2) is 103 Å². The lowest BCUT2D eigenvalue weighted by molar-refractivity contribution is -0.138. The maximum absolute atomic E-state index is 13.9. The van der Waals surface area contributed by atoms with Gasteiger partial charge in [-0.25, -0.2) is 4.39 Å². The maximum Gasteiger partial charge on any atom is 0.305 e. The summed E-state index contributed by atoms with van der Waals surface area (Å²) in [5.74, 6) is -1.09. The van der Waals surface area contributed by atoms with E-state index in [0.717, 1.165) is 33.4 Å². The molecule has 0 saturated carbocycles. The second-order valence-corrected chi connectivity index (χ2v) is 9.35. The number of benzene rings is 4. The van der Waals surface area contributed by atoms with Crippen LogP contribution in [0.5, 0.6) is 0 Å². The minimum absolute atomic E-state index is 0.00937. The number of nitrogens with zero attached hydrogens (tertiary/aromatic N) is 1. The van der Waals surface area contributed by atoms with E-state index in [1.165, 1.54) is 6.07 Å². The fourth-order valence-electron chi connectivity index (χ4n) is 4.79. The molecule has 0 aliphatic heterocycles. The first-order chi connectivity index (χ1) is 17.4. The molecule has 4 rings (SSSR count). The van der Waals surface area contributed by atoms with Crippen molar-refractivity contribution >= 4 is 5.97 Å². The average Bonchev–Trinajstić information content (AvgIpc) is 2.89. The minimum atomic E-state index is -0.843. The average molecular weight is 482 g/mol. The minimum Gasteiger partial charge on any atom is -0.481 e. The number of aryl methyl sites for hydroxylation is 1. The van der Waals surface area contributed by atoms with Gasteiger partial charge in [0, 0.05) is 18.6 Å². The predicted molar refractivity (Wildman–Crippen MR) is 142 cm³/mol. The summed E-state index contributed by atoms with van der Waals surface area (Å²) < 4.78 is 13.9. The van der Waals surface area contributed by atoms with Gasteiger partial charge in [-0.05, 0) is 65.8 Å². The molecule has 0 amide bonds. The van der Waals surface area contributed by atoms with E-state index < -0.39 is 5.97 Å². The van der Waals surface area contributed by atoms with E-state index in [1.807, 2.05) is 61.5 Å². The van der Waals surface area contributed by atoms with E-state index in [4.69, 9.17) is 0 Å². The Morgan fingerprint density at radius 2 is 1.47 bits per heavy atom. The van der Waals surface area contributed by atoms with Crippen molar-refractivity contribution in [3.8, 4) is 0 Å². The molecule has 3 nitrogen and oxygen atoms in total. The molecule has 1 unspecified atom stereocenters. The smallest absolute Gasteiger partial charge is 0.305 e. The fourth-order valence-corrected chi connectivity index (χ4v) is 4.79. The van der Waals surface area contributed by atoms with Crippen molar-refractivity contribution in [2.45, 2.75) is 45.3 Å². The Balaban J connectivity index is 1.73. The SMILES string of the molecule is Cc1ccc(F)cc1Cc1cccc(C(CC(=O)O)N(Cc2ccccc2)[C@H](C)c2ccccc2)c1. The van der Waals surface area contributed by atoms with Gasteiger partial charge in [0.05, 0.1) is 6.42 Å². The van der Waals surface area contributed by atoms with Crippen LogP contribution in [0.3, 0.4) is 0 Å². The quantitative estimate of drug-likeness (QED) is 0.255. The van der Waals surface area contributed by atoms with Gasteiger partial charge in [-0.1, -0.05) is 91.0 Å². The molecule has 1 N–H and O–H groups in total. The van der Waals surface area contributed by atoms with E-state index in [2.05, 4.69) is 42.2 Å². The Morgan fingerprint density at radius 1 is 0.833 bits per heavy atom. The first-order valence-electron chi connectivity index (χ1n) is 12.3. The van der Waals surface area contributed by atoms with Crippen LogP contribution in [0.1, 0.15) is 58.8 Å². The topological polar surface area (TPSA) is 40.5 Å². The van der Waals surface area contributed by atoms with E-state index in [0.29, 0.717) is 13.0 Å². The first kappa shape index (κ1) is 25.3. The third kappa shape index (κ3) is 6.46. The van der Waals surface area contributed by atoms with Crippen LogP contribution in [0.25, 0.3) is 0 Å². The molecule has 36 heavy (non-hydrogen) atoms. The van der Waals surface area contributed by atoms with Gasteiger partial charge in [0.1, 0.15) is 5.82 Å². The molecule has 0 aliphatic carbocycles. The largest absolute Gasteiger partial charge is 0.481 e. The van der Waals surface area contributed by atoms with Gasteiger partial charge < -0.3 is 5.11 Å². The second kappa shape index (κ2) is 11.8. The summed E-state index contributed by atoms with van der Waals surface area (Å²) in [6.45, 7) is 4.73. The van der Waals surface area contributed by atoms with E-state index in [9.17, 15) is 14.3 Å². The van der Waals surface area contributed by atoms with Crippen LogP contribution in [0.4, 0.5) is 4.39 Å². The molecular weight excluding hydrogens is 449 g/mol. The van der Waals surface area contributed by atoms with Gasteiger partial charge in [-0.2, -0.15) is 0 Å². The molecule has 184 valence electrons.